The van der Waals surface area contributed by atoms with Gasteiger partial charge in [-0.1, -0.05) is 17.3 Å². The Hall–Kier alpha value is -2.49. The molecular formula is C17H16N4O3S2. The molecule has 0 unspecified atom stereocenters. The topological polar surface area (TPSA) is 90.0 Å². The van der Waals surface area contributed by atoms with Crippen LogP contribution in [0.3, 0.4) is 0 Å². The molecule has 7 nitrogen and oxygen atoms in total. The van der Waals surface area contributed by atoms with E-state index in [4.69, 9.17) is 4.52 Å². The van der Waals surface area contributed by atoms with E-state index in [-0.39, 0.29) is 18.3 Å². The van der Waals surface area contributed by atoms with Gasteiger partial charge in [-0.05, 0) is 40.6 Å². The number of nitrogens with one attached hydrogen (secondary N) is 1. The minimum atomic E-state index is -3.58. The van der Waals surface area contributed by atoms with Crippen LogP contribution in [0.15, 0.2) is 64.1 Å². The van der Waals surface area contributed by atoms with E-state index < -0.39 is 10.0 Å². The van der Waals surface area contributed by atoms with E-state index in [9.17, 15) is 8.42 Å². The molecular weight excluding hydrogens is 372 g/mol. The maximum absolute atomic E-state index is 12.6. The molecule has 0 radical (unpaired) electrons. The van der Waals surface area contributed by atoms with E-state index in [1.54, 1.807) is 34.3 Å². The summed E-state index contributed by atoms with van der Waals surface area (Å²) in [6, 6.07) is 10.8. The molecule has 0 spiro atoms. The van der Waals surface area contributed by atoms with Gasteiger partial charge in [-0.25, -0.2) is 13.1 Å². The number of benzene rings is 1. The van der Waals surface area contributed by atoms with Crippen LogP contribution in [-0.2, 0) is 15.8 Å². The molecule has 4 aromatic rings. The van der Waals surface area contributed by atoms with Crippen LogP contribution in [0.2, 0.25) is 0 Å². The molecule has 0 aliphatic heterocycles. The van der Waals surface area contributed by atoms with Crippen molar-refractivity contribution in [3.05, 3.63) is 70.8 Å². The Balaban J connectivity index is 1.52. The lowest BCUT2D eigenvalue weighted by Gasteiger charge is -2.17. The Morgan fingerprint density at radius 2 is 2.12 bits per heavy atom. The number of hydrogen-bond acceptors (Lipinski definition) is 6. The third kappa shape index (κ3) is 3.55. The minimum absolute atomic E-state index is 0.205. The van der Waals surface area contributed by atoms with Gasteiger partial charge < -0.3 is 4.52 Å². The Morgan fingerprint density at radius 3 is 2.88 bits per heavy atom. The van der Waals surface area contributed by atoms with Crippen molar-refractivity contribution in [2.24, 2.45) is 0 Å². The summed E-state index contributed by atoms with van der Waals surface area (Å²) < 4.78 is 34.7. The van der Waals surface area contributed by atoms with Crippen molar-refractivity contribution in [3.8, 4) is 0 Å². The number of aromatic nitrogens is 3. The lowest BCUT2D eigenvalue weighted by Crippen LogP contribution is -2.32. The molecule has 3 heterocycles. The molecule has 0 fully saturated rings. The average molecular weight is 388 g/mol. The first-order valence-corrected chi connectivity index (χ1v) is 10.5. The molecule has 0 aliphatic carbocycles. The fraction of sp³-hybridized carbons (Fsp3) is 0.176. The van der Waals surface area contributed by atoms with Gasteiger partial charge in [-0.15, -0.1) is 0 Å². The number of sulfonamides is 1. The molecule has 9 heteroatoms. The highest BCUT2D eigenvalue weighted by atomic mass is 32.2. The van der Waals surface area contributed by atoms with Crippen LogP contribution in [0.5, 0.6) is 0 Å². The monoisotopic (exact) mass is 388 g/mol. The molecule has 1 atom stereocenters. The molecule has 134 valence electrons. The van der Waals surface area contributed by atoms with Gasteiger partial charge in [0.15, 0.2) is 5.58 Å². The molecule has 3 aromatic heterocycles. The van der Waals surface area contributed by atoms with E-state index in [0.717, 1.165) is 5.56 Å². The van der Waals surface area contributed by atoms with Crippen LogP contribution in [0, 0.1) is 0 Å². The van der Waals surface area contributed by atoms with Crippen molar-refractivity contribution in [3.63, 3.8) is 0 Å². The summed E-state index contributed by atoms with van der Waals surface area (Å²) in [6.07, 6.45) is 3.50. The Kier molecular flexibility index (Phi) is 4.58. The van der Waals surface area contributed by atoms with E-state index in [0.29, 0.717) is 16.7 Å². The van der Waals surface area contributed by atoms with Crippen LogP contribution in [0.25, 0.3) is 11.0 Å². The molecule has 0 saturated heterocycles. The zero-order chi connectivity index (χ0) is 18.0. The Labute approximate surface area is 154 Å². The predicted molar refractivity (Wildman–Crippen MR) is 99.3 cm³/mol. The predicted octanol–water partition coefficient (Wildman–Crippen LogP) is 2.79. The van der Waals surface area contributed by atoms with Gasteiger partial charge in [0.1, 0.15) is 11.4 Å². The van der Waals surface area contributed by atoms with Crippen molar-refractivity contribution in [1.82, 2.24) is 19.7 Å². The Morgan fingerprint density at radius 1 is 1.23 bits per heavy atom. The summed E-state index contributed by atoms with van der Waals surface area (Å²) in [7, 11) is -3.58. The van der Waals surface area contributed by atoms with Crippen LogP contribution in [-0.4, -0.2) is 29.9 Å². The lowest BCUT2D eigenvalue weighted by molar-refractivity contribution is 0.448. The van der Waals surface area contributed by atoms with Crippen LogP contribution < -0.4 is 4.72 Å². The maximum atomic E-state index is 12.6. The van der Waals surface area contributed by atoms with Crippen LogP contribution in [0.1, 0.15) is 17.3 Å². The largest absolute Gasteiger partial charge is 0.356 e. The minimum Gasteiger partial charge on any atom is -0.356 e. The average Bonchev–Trinajstić information content (AvgIpc) is 3.37. The third-order valence-electron chi connectivity index (χ3n) is 4.05. The first-order chi connectivity index (χ1) is 12.6. The molecule has 0 bridgehead atoms. The Bertz CT molecular complexity index is 1050. The van der Waals surface area contributed by atoms with Gasteiger partial charge >= 0.3 is 0 Å². The van der Waals surface area contributed by atoms with E-state index in [1.165, 1.54) is 0 Å². The third-order valence-corrected chi connectivity index (χ3v) is 6.01. The van der Waals surface area contributed by atoms with Crippen molar-refractivity contribution < 1.29 is 12.9 Å². The number of nitrogens with zero attached hydrogens (tertiary/aromatic N) is 3. The fourth-order valence-corrected chi connectivity index (χ4v) is 4.56. The van der Waals surface area contributed by atoms with Gasteiger partial charge in [-0.3, -0.25) is 4.68 Å². The zero-order valence-electron chi connectivity index (χ0n) is 13.6. The summed E-state index contributed by atoms with van der Waals surface area (Å²) in [6.45, 7) is 0.205. The van der Waals surface area contributed by atoms with Crippen molar-refractivity contribution in [2.75, 3.05) is 6.54 Å². The molecule has 26 heavy (non-hydrogen) atoms. The highest BCUT2D eigenvalue weighted by molar-refractivity contribution is 7.88. The highest BCUT2D eigenvalue weighted by Crippen LogP contribution is 2.21. The molecule has 0 saturated carbocycles. The first-order valence-electron chi connectivity index (χ1n) is 7.94. The van der Waals surface area contributed by atoms with E-state index in [1.807, 2.05) is 41.2 Å². The zero-order valence-corrected chi connectivity index (χ0v) is 15.3. The molecule has 0 aliphatic rings. The summed E-state index contributed by atoms with van der Waals surface area (Å²) in [5.41, 5.74) is 1.98. The second-order valence-electron chi connectivity index (χ2n) is 5.79. The number of hydrogen-bond donors (Lipinski definition) is 1. The van der Waals surface area contributed by atoms with Gasteiger partial charge in [0.2, 0.25) is 10.0 Å². The van der Waals surface area contributed by atoms with Crippen LogP contribution in [0.4, 0.5) is 0 Å². The van der Waals surface area contributed by atoms with Gasteiger partial charge in [0.25, 0.3) is 0 Å². The van der Waals surface area contributed by atoms with E-state index >= 15 is 0 Å². The van der Waals surface area contributed by atoms with Gasteiger partial charge in [-0.2, -0.15) is 16.4 Å². The SMILES string of the molecule is O=S(=O)(Cc1noc2ccccc12)NC[C@H](c1ccsc1)n1cccn1. The highest BCUT2D eigenvalue weighted by Gasteiger charge is 2.21. The number of thiophene rings is 1. The number of fused-ring (bicyclic) bond motifs is 1. The van der Waals surface area contributed by atoms with Gasteiger partial charge in [0, 0.05) is 24.3 Å². The van der Waals surface area contributed by atoms with Crippen molar-refractivity contribution >= 4 is 32.3 Å². The van der Waals surface area contributed by atoms with Gasteiger partial charge in [0.05, 0.1) is 6.04 Å². The summed E-state index contributed by atoms with van der Waals surface area (Å²) >= 11 is 1.56. The van der Waals surface area contributed by atoms with Crippen LogP contribution >= 0.6 is 11.3 Å². The quantitative estimate of drug-likeness (QED) is 0.526. The number of para-hydroxylation sites is 1. The molecule has 1 aromatic carbocycles. The van der Waals surface area contributed by atoms with E-state index in [2.05, 4.69) is 15.0 Å². The maximum Gasteiger partial charge on any atom is 0.217 e. The summed E-state index contributed by atoms with van der Waals surface area (Å²) in [5, 5.41) is 12.8. The normalized spacial score (nSPS) is 13.2. The molecule has 1 N–H and O–H groups in total. The standard InChI is InChI=1S/C17H16N4O3S2/c22-26(23,12-15-14-4-1-2-5-17(14)24-20-15)19-10-16(13-6-9-25-11-13)21-8-3-7-18-21/h1-9,11,16,19H,10,12H2/t16-/m1/s1. The van der Waals surface area contributed by atoms with Crippen molar-refractivity contribution in [2.45, 2.75) is 11.8 Å². The summed E-state index contributed by atoms with van der Waals surface area (Å²) in [5.74, 6) is -0.237. The first kappa shape index (κ1) is 17.0. The smallest absolute Gasteiger partial charge is 0.217 e. The summed E-state index contributed by atoms with van der Waals surface area (Å²) in [4.78, 5) is 0. The number of rotatable bonds is 7. The second kappa shape index (κ2) is 7.02. The second-order valence-corrected chi connectivity index (χ2v) is 8.38. The molecule has 4 rings (SSSR count). The van der Waals surface area contributed by atoms with Crippen molar-refractivity contribution in [1.29, 1.82) is 0 Å². The fourth-order valence-electron chi connectivity index (χ4n) is 2.77. The molecule has 0 amide bonds. The lowest BCUT2D eigenvalue weighted by atomic mass is 10.1.